The van der Waals surface area contributed by atoms with Crippen LogP contribution in [0.1, 0.15) is 164 Å². The molecule has 7 aliphatic rings. The normalized spacial score (nSPS) is 37.8. The molecule has 2 aromatic carbocycles. The molecule has 0 heterocycles. The highest BCUT2D eigenvalue weighted by molar-refractivity contribution is 5.91. The first kappa shape index (κ1) is 36.8. The summed E-state index contributed by atoms with van der Waals surface area (Å²) in [4.78, 5) is 12.7. The van der Waals surface area contributed by atoms with Crippen LogP contribution < -0.4 is 4.74 Å². The largest absolute Gasteiger partial charge is 0.494 e. The first-order valence-electron chi connectivity index (χ1n) is 22.7. The Hall–Kier alpha value is -2.81. The summed E-state index contributed by atoms with van der Waals surface area (Å²) in [6.45, 7) is 10.1. The number of benzene rings is 2. The summed E-state index contributed by atoms with van der Waals surface area (Å²) in [6.07, 6.45) is 29.8. The highest BCUT2D eigenvalue weighted by Gasteiger charge is 2.57. The van der Waals surface area contributed by atoms with Crippen molar-refractivity contribution in [3.63, 3.8) is 0 Å². The van der Waals surface area contributed by atoms with Crippen LogP contribution in [-0.4, -0.2) is 12.1 Å². The average molecular weight is 729 g/mol. The van der Waals surface area contributed by atoms with E-state index in [9.17, 15) is 4.79 Å². The standard InChI is InChI=1S/C51H68O3/c1-33(2)11-7-5-10-14-37-17-24-46-44-20-15-35-31-38(18-22-40(35)42(44)27-29-50(37,46)3)53-48-26-25-47-45-21-16-36-32-39(54-49(52)34-12-8-6-9-13-34)19-23-41(36)43(45)28-30-51(47,48)4/h6,8-9,12-13,15,19,23,31-33,37,40,42-48H,5,7,10-11,14,16-18,20-22,24-30H2,1-4H3/t37-,40-,42+,43+,44+,45+,46-,47-,48-,50+,51-/m0/s1. The molecule has 290 valence electrons. The van der Waals surface area contributed by atoms with Crippen LogP contribution in [0, 0.1) is 58.2 Å². The van der Waals surface area contributed by atoms with E-state index in [0.717, 1.165) is 60.2 Å². The molecule has 0 unspecified atom stereocenters. The van der Waals surface area contributed by atoms with Crippen LogP contribution in [0.3, 0.4) is 0 Å². The van der Waals surface area contributed by atoms with Crippen molar-refractivity contribution in [1.29, 1.82) is 0 Å². The lowest BCUT2D eigenvalue weighted by atomic mass is 9.52. The molecule has 0 bridgehead atoms. The fourth-order valence-corrected chi connectivity index (χ4v) is 14.4. The van der Waals surface area contributed by atoms with Crippen LogP contribution >= 0.6 is 0 Å². The number of rotatable bonds is 10. The zero-order valence-electron chi connectivity index (χ0n) is 34.0. The maximum absolute atomic E-state index is 12.7. The van der Waals surface area contributed by atoms with Crippen LogP contribution in [0.4, 0.5) is 0 Å². The Balaban J connectivity index is 0.822. The van der Waals surface area contributed by atoms with Gasteiger partial charge in [0.2, 0.25) is 0 Å². The van der Waals surface area contributed by atoms with Crippen molar-refractivity contribution in [3.8, 4) is 5.75 Å². The van der Waals surface area contributed by atoms with E-state index in [4.69, 9.17) is 9.47 Å². The van der Waals surface area contributed by atoms with Crippen LogP contribution in [0.2, 0.25) is 0 Å². The predicted octanol–water partition coefficient (Wildman–Crippen LogP) is 13.4. The van der Waals surface area contributed by atoms with Gasteiger partial charge in [0, 0.05) is 11.8 Å². The third-order valence-electron chi connectivity index (χ3n) is 17.2. The van der Waals surface area contributed by atoms with E-state index in [-0.39, 0.29) is 11.4 Å². The molecule has 7 aliphatic carbocycles. The Kier molecular flexibility index (Phi) is 10.2. The first-order chi connectivity index (χ1) is 26.2. The molecule has 3 nitrogen and oxygen atoms in total. The zero-order chi connectivity index (χ0) is 37.0. The average Bonchev–Trinajstić information content (AvgIpc) is 3.70. The minimum atomic E-state index is -0.278. The van der Waals surface area contributed by atoms with Gasteiger partial charge in [-0.25, -0.2) is 4.79 Å². The Morgan fingerprint density at radius 1 is 0.778 bits per heavy atom. The molecule has 0 radical (unpaired) electrons. The van der Waals surface area contributed by atoms with Crippen molar-refractivity contribution in [2.75, 3.05) is 0 Å². The molecule has 54 heavy (non-hydrogen) atoms. The summed E-state index contributed by atoms with van der Waals surface area (Å²) in [5.74, 6) is 9.12. The Morgan fingerprint density at radius 2 is 1.59 bits per heavy atom. The summed E-state index contributed by atoms with van der Waals surface area (Å²) < 4.78 is 13.0. The number of carbonyl (C=O) groups excluding carboxylic acids is 1. The van der Waals surface area contributed by atoms with E-state index in [0.29, 0.717) is 28.7 Å². The highest BCUT2D eigenvalue weighted by atomic mass is 16.5. The van der Waals surface area contributed by atoms with Gasteiger partial charge in [-0.1, -0.05) is 83.7 Å². The van der Waals surface area contributed by atoms with E-state index in [2.05, 4.69) is 52.0 Å². The second kappa shape index (κ2) is 14.9. The smallest absolute Gasteiger partial charge is 0.343 e. The minimum absolute atomic E-state index is 0.259. The molecular weight excluding hydrogens is 661 g/mol. The van der Waals surface area contributed by atoms with Gasteiger partial charge < -0.3 is 9.47 Å². The summed E-state index contributed by atoms with van der Waals surface area (Å²) in [7, 11) is 0. The van der Waals surface area contributed by atoms with Crippen LogP contribution in [-0.2, 0) is 11.2 Å². The second-order valence-corrected chi connectivity index (χ2v) is 20.2. The van der Waals surface area contributed by atoms with Crippen molar-refractivity contribution in [2.45, 2.75) is 155 Å². The number of ether oxygens (including phenoxy) is 2. The molecule has 0 N–H and O–H groups in total. The summed E-state index contributed by atoms with van der Waals surface area (Å²) in [5, 5.41) is 0. The van der Waals surface area contributed by atoms with Gasteiger partial charge in [0.15, 0.2) is 0 Å². The van der Waals surface area contributed by atoms with Crippen molar-refractivity contribution in [2.24, 2.45) is 58.2 Å². The quantitative estimate of drug-likeness (QED) is 0.139. The fraction of sp³-hybridized carbons (Fsp3) is 0.667. The Labute approximate surface area is 327 Å². The number of esters is 1. The van der Waals surface area contributed by atoms with Gasteiger partial charge in [0.25, 0.3) is 0 Å². The van der Waals surface area contributed by atoms with Crippen LogP contribution in [0.5, 0.6) is 5.75 Å². The molecule has 2 aromatic rings. The van der Waals surface area contributed by atoms with Gasteiger partial charge in [-0.2, -0.15) is 0 Å². The maximum Gasteiger partial charge on any atom is 0.343 e. The number of unbranched alkanes of at least 4 members (excludes halogenated alkanes) is 2. The zero-order valence-corrected chi connectivity index (χ0v) is 34.0. The summed E-state index contributed by atoms with van der Waals surface area (Å²) in [5.41, 5.74) is 5.99. The topological polar surface area (TPSA) is 35.5 Å². The highest BCUT2D eigenvalue weighted by Crippen LogP contribution is 2.65. The van der Waals surface area contributed by atoms with Gasteiger partial charge >= 0.3 is 5.97 Å². The van der Waals surface area contributed by atoms with E-state index in [1.807, 2.05) is 36.4 Å². The molecular formula is C51H68O3. The maximum atomic E-state index is 12.7. The SMILES string of the molecule is CC(C)CCCCC[C@H]1CC[C@H]2[C@@H]3CC=C4C=C(O[C@H]5CC[C@H]6[C@@H]7CCc8cc(OC(=O)c9ccccc9)ccc8[C@H]7CC[C@]56C)CC[C@@H]4[C@H]3CC[C@]12C. The minimum Gasteiger partial charge on any atom is -0.494 e. The third kappa shape index (κ3) is 6.64. The molecule has 0 amide bonds. The molecule has 4 fully saturated rings. The number of carbonyl (C=O) groups is 1. The fourth-order valence-electron chi connectivity index (χ4n) is 14.4. The molecule has 0 aromatic heterocycles. The summed E-state index contributed by atoms with van der Waals surface area (Å²) >= 11 is 0. The predicted molar refractivity (Wildman–Crippen MR) is 219 cm³/mol. The Bertz CT molecular complexity index is 1740. The van der Waals surface area contributed by atoms with Gasteiger partial charge in [-0.05, 0) is 189 Å². The van der Waals surface area contributed by atoms with Gasteiger partial charge in [0.1, 0.15) is 11.9 Å². The lowest BCUT2D eigenvalue weighted by Crippen LogP contribution is -2.46. The molecule has 3 heteroatoms. The number of allylic oxidation sites excluding steroid dienone is 4. The number of hydrogen-bond donors (Lipinski definition) is 0. The van der Waals surface area contributed by atoms with Crippen molar-refractivity contribution < 1.29 is 14.3 Å². The number of hydrogen-bond acceptors (Lipinski definition) is 3. The first-order valence-corrected chi connectivity index (χ1v) is 22.7. The second-order valence-electron chi connectivity index (χ2n) is 20.2. The number of fused-ring (bicyclic) bond motifs is 10. The van der Waals surface area contributed by atoms with E-state index >= 15 is 0 Å². The van der Waals surface area contributed by atoms with Crippen LogP contribution in [0.15, 0.2) is 72.0 Å². The molecule has 0 spiro atoms. The lowest BCUT2D eigenvalue weighted by molar-refractivity contribution is -0.0439. The van der Waals surface area contributed by atoms with Crippen molar-refractivity contribution in [1.82, 2.24) is 0 Å². The number of aryl methyl sites for hydroxylation is 1. The molecule has 0 saturated heterocycles. The lowest BCUT2D eigenvalue weighted by Gasteiger charge is -2.53. The molecule has 4 saturated carbocycles. The van der Waals surface area contributed by atoms with E-state index in [1.165, 1.54) is 120 Å². The van der Waals surface area contributed by atoms with Crippen LogP contribution in [0.25, 0.3) is 0 Å². The van der Waals surface area contributed by atoms with Crippen molar-refractivity contribution >= 4 is 5.97 Å². The van der Waals surface area contributed by atoms with E-state index < -0.39 is 0 Å². The molecule has 0 aliphatic heterocycles. The van der Waals surface area contributed by atoms with E-state index in [1.54, 1.807) is 5.57 Å². The Morgan fingerprint density at radius 3 is 2.44 bits per heavy atom. The third-order valence-corrected chi connectivity index (χ3v) is 17.2. The van der Waals surface area contributed by atoms with Gasteiger partial charge in [-0.15, -0.1) is 0 Å². The van der Waals surface area contributed by atoms with Gasteiger partial charge in [-0.3, -0.25) is 0 Å². The monoisotopic (exact) mass is 729 g/mol. The van der Waals surface area contributed by atoms with Gasteiger partial charge in [0.05, 0.1) is 11.3 Å². The van der Waals surface area contributed by atoms with Crippen molar-refractivity contribution in [3.05, 3.63) is 88.7 Å². The summed E-state index contributed by atoms with van der Waals surface area (Å²) in [6, 6.07) is 15.8. The molecule has 9 rings (SSSR count). The molecule has 11 atom stereocenters.